The van der Waals surface area contributed by atoms with Gasteiger partial charge in [0, 0.05) is 13.6 Å². The van der Waals surface area contributed by atoms with Crippen molar-refractivity contribution in [2.24, 2.45) is 0 Å². The van der Waals surface area contributed by atoms with Gasteiger partial charge in [-0.2, -0.15) is 0 Å². The van der Waals surface area contributed by atoms with Crippen LogP contribution in [0.15, 0.2) is 0 Å². The average molecular weight is 271 g/mol. The Morgan fingerprint density at radius 3 is 2.37 bits per heavy atom. The monoisotopic (exact) mass is 271 g/mol. The third kappa shape index (κ3) is 3.15. The molecule has 0 aromatic heterocycles. The molecule has 0 spiro atoms. The van der Waals surface area contributed by atoms with Crippen molar-refractivity contribution in [1.82, 2.24) is 15.5 Å². The van der Waals surface area contributed by atoms with Crippen LogP contribution in [0.3, 0.4) is 0 Å². The zero-order chi connectivity index (χ0) is 14.6. The van der Waals surface area contributed by atoms with Gasteiger partial charge in [0.05, 0.1) is 0 Å². The molecule has 1 heterocycles. The molecule has 19 heavy (non-hydrogen) atoms. The van der Waals surface area contributed by atoms with Crippen LogP contribution in [0.4, 0.5) is 4.79 Å². The number of aliphatic carboxylic acids is 1. The number of hydrogen-bond acceptors (Lipinski definition) is 3. The van der Waals surface area contributed by atoms with E-state index < -0.39 is 23.6 Å². The summed E-state index contributed by atoms with van der Waals surface area (Å²) in [6, 6.07) is -1.18. The van der Waals surface area contributed by atoms with Gasteiger partial charge in [-0.15, -0.1) is 0 Å². The number of likely N-dealkylation sites (tertiary alicyclic amines) is 1. The predicted molar refractivity (Wildman–Crippen MR) is 68.7 cm³/mol. The van der Waals surface area contributed by atoms with Gasteiger partial charge >= 0.3 is 12.0 Å². The Bertz CT molecular complexity index is 379. The number of carboxylic acid groups (broad SMARTS) is 1. The molecule has 7 nitrogen and oxygen atoms in total. The highest BCUT2D eigenvalue weighted by Crippen LogP contribution is 2.15. The fourth-order valence-electron chi connectivity index (χ4n) is 2.15. The van der Waals surface area contributed by atoms with E-state index in [1.807, 2.05) is 0 Å². The lowest BCUT2D eigenvalue weighted by Gasteiger charge is -2.28. The number of carboxylic acids is 1. The van der Waals surface area contributed by atoms with Crippen molar-refractivity contribution in [1.29, 1.82) is 0 Å². The summed E-state index contributed by atoms with van der Waals surface area (Å²) < 4.78 is 0. The summed E-state index contributed by atoms with van der Waals surface area (Å²) in [7, 11) is 1.67. The molecular formula is C12H21N3O4. The van der Waals surface area contributed by atoms with Crippen LogP contribution >= 0.6 is 0 Å². The van der Waals surface area contributed by atoms with E-state index in [1.165, 1.54) is 4.90 Å². The summed E-state index contributed by atoms with van der Waals surface area (Å²) in [6.07, 6.45) is 1.11. The molecule has 1 atom stereocenters. The topological polar surface area (TPSA) is 98.7 Å². The van der Waals surface area contributed by atoms with Crippen molar-refractivity contribution in [3.05, 3.63) is 0 Å². The minimum atomic E-state index is -1.28. The van der Waals surface area contributed by atoms with Crippen molar-refractivity contribution in [3.63, 3.8) is 0 Å². The number of nitrogens with zero attached hydrogens (tertiary/aromatic N) is 1. The van der Waals surface area contributed by atoms with Crippen LogP contribution in [-0.4, -0.2) is 53.1 Å². The Hall–Kier alpha value is -1.79. The maximum absolute atomic E-state index is 11.8. The van der Waals surface area contributed by atoms with Gasteiger partial charge in [0.25, 0.3) is 0 Å². The van der Waals surface area contributed by atoms with Gasteiger partial charge in [-0.1, -0.05) is 13.8 Å². The number of amides is 3. The van der Waals surface area contributed by atoms with Crippen LogP contribution in [0.25, 0.3) is 0 Å². The molecule has 1 fully saturated rings. The molecule has 0 aromatic carbocycles. The molecule has 0 aromatic rings. The van der Waals surface area contributed by atoms with Crippen LogP contribution in [0.5, 0.6) is 0 Å². The molecule has 1 aliphatic heterocycles. The minimum absolute atomic E-state index is 0.149. The fourth-order valence-corrected chi connectivity index (χ4v) is 2.15. The summed E-state index contributed by atoms with van der Waals surface area (Å²) in [5, 5.41) is 14.2. The number of rotatable bonds is 5. The van der Waals surface area contributed by atoms with Crippen molar-refractivity contribution >= 4 is 17.9 Å². The molecule has 108 valence electrons. The highest BCUT2D eigenvalue weighted by molar-refractivity contribution is 5.91. The average Bonchev–Trinajstić information content (AvgIpc) is 2.67. The van der Waals surface area contributed by atoms with Crippen molar-refractivity contribution in [2.45, 2.75) is 44.7 Å². The van der Waals surface area contributed by atoms with E-state index in [9.17, 15) is 19.5 Å². The molecule has 1 aliphatic rings. The fraction of sp³-hybridized carbons (Fsp3) is 0.750. The lowest BCUT2D eigenvalue weighted by atomic mass is 9.93. The highest BCUT2D eigenvalue weighted by atomic mass is 16.4. The van der Waals surface area contributed by atoms with Crippen LogP contribution in [-0.2, 0) is 9.59 Å². The second-order valence-electron chi connectivity index (χ2n) is 4.79. The smallest absolute Gasteiger partial charge is 0.329 e. The normalized spacial score (nSPS) is 19.4. The van der Waals surface area contributed by atoms with Gasteiger partial charge < -0.3 is 20.6 Å². The summed E-state index contributed by atoms with van der Waals surface area (Å²) in [5.41, 5.74) is -1.28. The largest absolute Gasteiger partial charge is 0.480 e. The van der Waals surface area contributed by atoms with Crippen LogP contribution in [0.1, 0.15) is 33.1 Å². The first-order valence-electron chi connectivity index (χ1n) is 6.43. The first kappa shape index (κ1) is 15.3. The summed E-state index contributed by atoms with van der Waals surface area (Å²) in [5.74, 6) is -1.22. The Balaban J connectivity index is 2.64. The highest BCUT2D eigenvalue weighted by Gasteiger charge is 2.38. The number of carbonyl (C=O) groups excluding carboxylic acids is 2. The molecule has 1 saturated heterocycles. The van der Waals surface area contributed by atoms with E-state index in [0.29, 0.717) is 13.0 Å². The second kappa shape index (κ2) is 5.90. The van der Waals surface area contributed by atoms with Gasteiger partial charge in [-0.3, -0.25) is 4.79 Å². The lowest BCUT2D eigenvalue weighted by molar-refractivity contribution is -0.144. The molecule has 3 N–H and O–H groups in total. The molecule has 0 bridgehead atoms. The van der Waals surface area contributed by atoms with E-state index in [-0.39, 0.29) is 18.7 Å². The lowest BCUT2D eigenvalue weighted by Crippen LogP contribution is -2.58. The second-order valence-corrected chi connectivity index (χ2v) is 4.79. The van der Waals surface area contributed by atoms with E-state index in [2.05, 4.69) is 10.6 Å². The van der Waals surface area contributed by atoms with Crippen LogP contribution < -0.4 is 10.6 Å². The maximum Gasteiger partial charge on any atom is 0.329 e. The molecule has 1 rings (SSSR count). The SMILES string of the molecule is CCC(CC)(NC(=O)NC1CCN(C)C1=O)C(=O)O. The maximum atomic E-state index is 11.8. The third-order valence-corrected chi connectivity index (χ3v) is 3.70. The van der Waals surface area contributed by atoms with Crippen molar-refractivity contribution in [2.75, 3.05) is 13.6 Å². The molecule has 7 heteroatoms. The van der Waals surface area contributed by atoms with Crippen LogP contribution in [0, 0.1) is 0 Å². The van der Waals surface area contributed by atoms with Gasteiger partial charge in [-0.25, -0.2) is 9.59 Å². The van der Waals surface area contributed by atoms with E-state index in [4.69, 9.17) is 0 Å². The molecule has 3 amide bonds. The summed E-state index contributed by atoms with van der Waals surface area (Å²) >= 11 is 0. The van der Waals surface area contributed by atoms with Crippen LogP contribution in [0.2, 0.25) is 0 Å². The van der Waals surface area contributed by atoms with Crippen molar-refractivity contribution in [3.8, 4) is 0 Å². The Kier molecular flexibility index (Phi) is 4.74. The zero-order valence-corrected chi connectivity index (χ0v) is 11.5. The number of likely N-dealkylation sites (N-methyl/N-ethyl adjacent to an activating group) is 1. The van der Waals surface area contributed by atoms with E-state index >= 15 is 0 Å². The molecule has 0 radical (unpaired) electrons. The molecular weight excluding hydrogens is 250 g/mol. The van der Waals surface area contributed by atoms with Crippen molar-refractivity contribution < 1.29 is 19.5 Å². The standard InChI is InChI=1S/C12H21N3O4/c1-4-12(5-2,10(17)18)14-11(19)13-8-6-7-15(3)9(8)16/h8H,4-7H2,1-3H3,(H,17,18)(H2,13,14,19). The Morgan fingerprint density at radius 2 is 2.00 bits per heavy atom. The van der Waals surface area contributed by atoms with Gasteiger partial charge in [0.2, 0.25) is 5.91 Å². The molecule has 0 aliphatic carbocycles. The number of carbonyl (C=O) groups is 3. The predicted octanol–water partition coefficient (Wildman–Crippen LogP) is 0.160. The first-order chi connectivity index (χ1) is 8.86. The zero-order valence-electron chi connectivity index (χ0n) is 11.5. The van der Waals surface area contributed by atoms with Gasteiger partial charge in [0.1, 0.15) is 11.6 Å². The molecule has 0 saturated carbocycles. The third-order valence-electron chi connectivity index (χ3n) is 3.70. The Labute approximate surface area is 112 Å². The van der Waals surface area contributed by atoms with Gasteiger partial charge in [-0.05, 0) is 19.3 Å². The Morgan fingerprint density at radius 1 is 1.42 bits per heavy atom. The number of nitrogens with one attached hydrogen (secondary N) is 2. The minimum Gasteiger partial charge on any atom is -0.480 e. The van der Waals surface area contributed by atoms with Gasteiger partial charge in [0.15, 0.2) is 0 Å². The number of hydrogen-bond donors (Lipinski definition) is 3. The van der Waals surface area contributed by atoms with E-state index in [0.717, 1.165) is 0 Å². The summed E-state index contributed by atoms with van der Waals surface area (Å²) in [6.45, 7) is 3.99. The number of urea groups is 1. The van der Waals surface area contributed by atoms with E-state index in [1.54, 1.807) is 20.9 Å². The first-order valence-corrected chi connectivity index (χ1v) is 6.43. The molecule has 1 unspecified atom stereocenters. The quantitative estimate of drug-likeness (QED) is 0.663. The summed E-state index contributed by atoms with van der Waals surface area (Å²) in [4.78, 5) is 36.3.